The SMILES string of the molecule is CC#CC#COC(=O)c1ccc(OC(=O)c2ccc(C(=O)Oc3ccc(C(=O)OC)cc3)cc2)cc1. The first-order valence-corrected chi connectivity index (χ1v) is 10.4. The number of hydrogen-bond acceptors (Lipinski definition) is 8. The summed E-state index contributed by atoms with van der Waals surface area (Å²) in [5.74, 6) is 5.32. The van der Waals surface area contributed by atoms with Gasteiger partial charge in [0.1, 0.15) is 17.6 Å². The molecule has 0 aromatic heterocycles. The van der Waals surface area contributed by atoms with Crippen molar-refractivity contribution in [3.8, 4) is 35.4 Å². The molecule has 3 rings (SSSR count). The van der Waals surface area contributed by atoms with E-state index in [1.54, 1.807) is 6.92 Å². The van der Waals surface area contributed by atoms with Crippen LogP contribution in [0.3, 0.4) is 0 Å². The molecule has 0 aliphatic rings. The van der Waals surface area contributed by atoms with Gasteiger partial charge in [0.2, 0.25) is 0 Å². The van der Waals surface area contributed by atoms with Crippen molar-refractivity contribution in [3.05, 3.63) is 95.1 Å². The second-order valence-electron chi connectivity index (χ2n) is 6.89. The van der Waals surface area contributed by atoms with E-state index in [-0.39, 0.29) is 28.2 Å². The van der Waals surface area contributed by atoms with Crippen molar-refractivity contribution in [1.29, 1.82) is 0 Å². The average Bonchev–Trinajstić information content (AvgIpc) is 2.91. The lowest BCUT2D eigenvalue weighted by Crippen LogP contribution is -2.11. The lowest BCUT2D eigenvalue weighted by Gasteiger charge is -2.07. The first-order chi connectivity index (χ1) is 17.4. The molecule has 0 spiro atoms. The van der Waals surface area contributed by atoms with E-state index in [0.717, 1.165) is 0 Å². The van der Waals surface area contributed by atoms with E-state index >= 15 is 0 Å². The normalized spacial score (nSPS) is 9.39. The van der Waals surface area contributed by atoms with Crippen molar-refractivity contribution in [3.63, 3.8) is 0 Å². The second-order valence-corrected chi connectivity index (χ2v) is 6.89. The van der Waals surface area contributed by atoms with Crippen LogP contribution in [0.2, 0.25) is 0 Å². The Balaban J connectivity index is 1.57. The van der Waals surface area contributed by atoms with Crippen LogP contribution in [0, 0.1) is 23.9 Å². The number of hydrogen-bond donors (Lipinski definition) is 0. The highest BCUT2D eigenvalue weighted by Gasteiger charge is 2.14. The molecule has 0 saturated heterocycles. The van der Waals surface area contributed by atoms with E-state index in [2.05, 4.69) is 28.6 Å². The lowest BCUT2D eigenvalue weighted by molar-refractivity contribution is 0.0599. The van der Waals surface area contributed by atoms with Gasteiger partial charge in [-0.1, -0.05) is 5.92 Å². The molecule has 0 heterocycles. The summed E-state index contributed by atoms with van der Waals surface area (Å²) in [5, 5.41) is 0. The molecule has 0 bridgehead atoms. The van der Waals surface area contributed by atoms with E-state index in [1.807, 2.05) is 0 Å². The highest BCUT2D eigenvalue weighted by molar-refractivity contribution is 5.95. The van der Waals surface area contributed by atoms with E-state index in [4.69, 9.17) is 14.2 Å². The number of benzene rings is 3. The fraction of sp³-hybridized carbons (Fsp3) is 0.0714. The van der Waals surface area contributed by atoms with Gasteiger partial charge in [-0.3, -0.25) is 0 Å². The topological polar surface area (TPSA) is 105 Å². The predicted octanol–water partition coefficient (Wildman–Crippen LogP) is 4.05. The van der Waals surface area contributed by atoms with Crippen molar-refractivity contribution in [2.75, 3.05) is 7.11 Å². The van der Waals surface area contributed by atoms with Gasteiger partial charge in [-0.05, 0) is 85.6 Å². The van der Waals surface area contributed by atoms with Crippen LogP contribution in [-0.4, -0.2) is 31.0 Å². The minimum atomic E-state index is -0.667. The van der Waals surface area contributed by atoms with E-state index in [1.165, 1.54) is 79.9 Å². The Morgan fingerprint density at radius 1 is 0.556 bits per heavy atom. The van der Waals surface area contributed by atoms with Gasteiger partial charge >= 0.3 is 23.9 Å². The number of carbonyl (C=O) groups excluding carboxylic acids is 4. The maximum atomic E-state index is 12.4. The molecule has 8 heteroatoms. The molecule has 0 saturated carbocycles. The Labute approximate surface area is 206 Å². The molecule has 0 fully saturated rings. The van der Waals surface area contributed by atoms with Crippen LogP contribution < -0.4 is 9.47 Å². The highest BCUT2D eigenvalue weighted by atomic mass is 16.5. The van der Waals surface area contributed by atoms with Gasteiger partial charge in [0, 0.05) is 5.92 Å². The first-order valence-electron chi connectivity index (χ1n) is 10.4. The number of carbonyl (C=O) groups is 4. The summed E-state index contributed by atoms with van der Waals surface area (Å²) in [6.45, 7) is 1.61. The fourth-order valence-corrected chi connectivity index (χ4v) is 2.73. The van der Waals surface area contributed by atoms with Crippen molar-refractivity contribution in [2.24, 2.45) is 0 Å². The molecule has 0 unspecified atom stereocenters. The number of methoxy groups -OCH3 is 1. The highest BCUT2D eigenvalue weighted by Crippen LogP contribution is 2.17. The van der Waals surface area contributed by atoms with Crippen molar-refractivity contribution >= 4 is 23.9 Å². The monoisotopic (exact) mass is 482 g/mol. The molecule has 0 N–H and O–H groups in total. The number of rotatable bonds is 6. The fourth-order valence-electron chi connectivity index (χ4n) is 2.73. The molecule has 0 radical (unpaired) electrons. The Morgan fingerprint density at radius 3 is 1.36 bits per heavy atom. The van der Waals surface area contributed by atoms with Crippen LogP contribution in [-0.2, 0) is 9.47 Å². The minimum absolute atomic E-state index is 0.199. The molecule has 0 aliphatic heterocycles. The molecule has 3 aromatic carbocycles. The zero-order valence-electron chi connectivity index (χ0n) is 19.2. The summed E-state index contributed by atoms with van der Waals surface area (Å²) in [5.41, 5.74) is 0.947. The molecular formula is C28H18O8. The van der Waals surface area contributed by atoms with Gasteiger partial charge in [-0.2, -0.15) is 0 Å². The van der Waals surface area contributed by atoms with Gasteiger partial charge in [0.05, 0.1) is 29.4 Å². The Hall–Kier alpha value is -5.34. The van der Waals surface area contributed by atoms with Crippen LogP contribution in [0.5, 0.6) is 11.5 Å². The molecule has 0 aliphatic carbocycles. The summed E-state index contributed by atoms with van der Waals surface area (Å²) in [4.78, 5) is 48.1. The van der Waals surface area contributed by atoms with Gasteiger partial charge in [0.15, 0.2) is 0 Å². The minimum Gasteiger partial charge on any atom is -0.465 e. The zero-order valence-corrected chi connectivity index (χ0v) is 19.2. The third-order valence-corrected chi connectivity index (χ3v) is 4.53. The largest absolute Gasteiger partial charge is 0.465 e. The van der Waals surface area contributed by atoms with Gasteiger partial charge in [-0.25, -0.2) is 19.2 Å². The van der Waals surface area contributed by atoms with Crippen LogP contribution in [0.4, 0.5) is 0 Å². The number of esters is 4. The maximum Gasteiger partial charge on any atom is 0.352 e. The smallest absolute Gasteiger partial charge is 0.352 e. The molecule has 8 nitrogen and oxygen atoms in total. The molecule has 3 aromatic rings. The molecule has 36 heavy (non-hydrogen) atoms. The quantitative estimate of drug-likeness (QED) is 0.294. The Morgan fingerprint density at radius 2 is 0.944 bits per heavy atom. The third-order valence-electron chi connectivity index (χ3n) is 4.53. The van der Waals surface area contributed by atoms with Gasteiger partial charge in [0.25, 0.3) is 0 Å². The molecular weight excluding hydrogens is 464 g/mol. The van der Waals surface area contributed by atoms with Crippen LogP contribution >= 0.6 is 0 Å². The standard InChI is InChI=1S/C28H18O8/c1-3-4-5-18-34-26(30)20-12-16-24(17-13-20)36-28(32)22-8-6-21(7-9-22)27(31)35-23-14-10-19(11-15-23)25(29)33-2/h6-17H,1-2H3. The Bertz CT molecular complexity index is 1400. The summed E-state index contributed by atoms with van der Waals surface area (Å²) in [6, 6.07) is 17.3. The zero-order chi connectivity index (χ0) is 25.9. The summed E-state index contributed by atoms with van der Waals surface area (Å²) < 4.78 is 19.9. The molecule has 178 valence electrons. The van der Waals surface area contributed by atoms with Crippen molar-refractivity contribution < 1.29 is 38.1 Å². The maximum absolute atomic E-state index is 12.4. The third kappa shape index (κ3) is 6.83. The van der Waals surface area contributed by atoms with Crippen LogP contribution in [0.25, 0.3) is 0 Å². The summed E-state index contributed by atoms with van der Waals surface area (Å²) >= 11 is 0. The second kappa shape index (κ2) is 12.2. The van der Waals surface area contributed by atoms with Gasteiger partial charge in [-0.15, -0.1) is 0 Å². The molecule has 0 amide bonds. The summed E-state index contributed by atoms with van der Waals surface area (Å²) in [6.07, 6.45) is 2.18. The number of ether oxygens (including phenoxy) is 4. The van der Waals surface area contributed by atoms with E-state index in [0.29, 0.717) is 5.56 Å². The lowest BCUT2D eigenvalue weighted by atomic mass is 10.1. The predicted molar refractivity (Wildman–Crippen MR) is 127 cm³/mol. The molecule has 0 atom stereocenters. The Kier molecular flexibility index (Phi) is 8.58. The van der Waals surface area contributed by atoms with E-state index in [9.17, 15) is 19.2 Å². The first kappa shape index (κ1) is 25.3. The summed E-state index contributed by atoms with van der Waals surface area (Å²) in [7, 11) is 1.27. The average molecular weight is 482 g/mol. The van der Waals surface area contributed by atoms with Crippen molar-refractivity contribution in [1.82, 2.24) is 0 Å². The van der Waals surface area contributed by atoms with Gasteiger partial charge < -0.3 is 18.9 Å². The van der Waals surface area contributed by atoms with E-state index < -0.39 is 23.9 Å². The van der Waals surface area contributed by atoms with Crippen LogP contribution in [0.15, 0.2) is 72.8 Å². The van der Waals surface area contributed by atoms with Crippen molar-refractivity contribution in [2.45, 2.75) is 6.92 Å². The van der Waals surface area contributed by atoms with Crippen LogP contribution in [0.1, 0.15) is 48.4 Å².